The maximum absolute atomic E-state index is 11.5. The van der Waals surface area contributed by atoms with Gasteiger partial charge in [0.1, 0.15) is 0 Å². The van der Waals surface area contributed by atoms with E-state index >= 15 is 0 Å². The Kier molecular flexibility index (Phi) is 4.63. The second-order valence-electron chi connectivity index (χ2n) is 6.87. The van der Waals surface area contributed by atoms with Gasteiger partial charge in [0, 0.05) is 5.54 Å². The first-order valence-electron chi connectivity index (χ1n) is 6.67. The number of methoxy groups -OCH3 is 1. The number of ether oxygens (including phenoxy) is 1. The van der Waals surface area contributed by atoms with Gasteiger partial charge in [-0.25, -0.2) is 9.78 Å². The number of nitrogens with zero attached hydrogens (tertiary/aromatic N) is 1. The molecule has 0 unspecified atom stereocenters. The van der Waals surface area contributed by atoms with Crippen molar-refractivity contribution in [2.45, 2.75) is 46.6 Å². The number of aromatic nitrogens is 1. The number of pyridine rings is 1. The van der Waals surface area contributed by atoms with Gasteiger partial charge in [0.25, 0.3) is 0 Å². The highest BCUT2D eigenvalue weighted by molar-refractivity contribution is 5.88. The van der Waals surface area contributed by atoms with Crippen LogP contribution < -0.4 is 11.1 Å². The van der Waals surface area contributed by atoms with Crippen LogP contribution in [0.15, 0.2) is 12.1 Å². The smallest absolute Gasteiger partial charge is 0.356 e. The van der Waals surface area contributed by atoms with E-state index in [2.05, 4.69) is 49.7 Å². The molecular formula is C15H25N3O2. The van der Waals surface area contributed by atoms with Crippen LogP contribution in [0.25, 0.3) is 0 Å². The van der Waals surface area contributed by atoms with Gasteiger partial charge in [0.2, 0.25) is 0 Å². The van der Waals surface area contributed by atoms with E-state index in [-0.39, 0.29) is 16.6 Å². The highest BCUT2D eigenvalue weighted by atomic mass is 16.5. The molecular weight excluding hydrogens is 254 g/mol. The van der Waals surface area contributed by atoms with Gasteiger partial charge in [0.05, 0.1) is 12.8 Å². The maximum atomic E-state index is 11.5. The Morgan fingerprint density at radius 1 is 1.30 bits per heavy atom. The molecule has 0 amide bonds. The molecule has 0 aliphatic carbocycles. The lowest BCUT2D eigenvalue weighted by Crippen LogP contribution is -2.36. The zero-order chi connectivity index (χ0) is 15.6. The van der Waals surface area contributed by atoms with Crippen LogP contribution in [0.1, 0.15) is 51.5 Å². The van der Waals surface area contributed by atoms with Gasteiger partial charge < -0.3 is 15.8 Å². The Hall–Kier alpha value is -1.78. The van der Waals surface area contributed by atoms with E-state index < -0.39 is 5.97 Å². The summed E-state index contributed by atoms with van der Waals surface area (Å²) in [6.45, 7) is 10.7. The molecule has 0 saturated carbocycles. The molecule has 0 aromatic carbocycles. The number of nitrogen functional groups attached to an aromatic ring is 1. The van der Waals surface area contributed by atoms with E-state index in [0.29, 0.717) is 11.5 Å². The highest BCUT2D eigenvalue weighted by Crippen LogP contribution is 2.30. The number of carbonyl (C=O) groups is 1. The lowest BCUT2D eigenvalue weighted by molar-refractivity contribution is 0.0594. The minimum Gasteiger partial charge on any atom is -0.464 e. The molecule has 1 aromatic heterocycles. The number of hydrogen-bond acceptors (Lipinski definition) is 5. The molecule has 0 saturated heterocycles. The average Bonchev–Trinajstić information content (AvgIpc) is 2.27. The van der Waals surface area contributed by atoms with E-state index in [1.807, 2.05) is 0 Å². The zero-order valence-electron chi connectivity index (χ0n) is 13.2. The largest absolute Gasteiger partial charge is 0.464 e. The van der Waals surface area contributed by atoms with Gasteiger partial charge >= 0.3 is 5.97 Å². The lowest BCUT2D eigenvalue weighted by atomic mass is 9.82. The summed E-state index contributed by atoms with van der Waals surface area (Å²) in [6.07, 6.45) is 0.934. The molecule has 0 fully saturated rings. The van der Waals surface area contributed by atoms with Crippen molar-refractivity contribution < 1.29 is 9.53 Å². The average molecular weight is 279 g/mol. The van der Waals surface area contributed by atoms with E-state index in [0.717, 1.165) is 6.42 Å². The third-order valence-electron chi connectivity index (χ3n) is 2.75. The molecule has 0 atom stereocenters. The van der Waals surface area contributed by atoms with E-state index in [4.69, 9.17) is 5.73 Å². The van der Waals surface area contributed by atoms with Crippen LogP contribution in [0, 0.1) is 5.41 Å². The molecule has 3 N–H and O–H groups in total. The van der Waals surface area contributed by atoms with Crippen LogP contribution in [0.5, 0.6) is 0 Å². The van der Waals surface area contributed by atoms with Gasteiger partial charge in [-0.15, -0.1) is 0 Å². The number of nitrogens with one attached hydrogen (secondary N) is 1. The molecule has 0 aliphatic heterocycles. The van der Waals surface area contributed by atoms with E-state index in [9.17, 15) is 4.79 Å². The molecule has 0 bridgehead atoms. The number of hydrogen-bond donors (Lipinski definition) is 2. The van der Waals surface area contributed by atoms with Crippen molar-refractivity contribution in [3.8, 4) is 0 Å². The number of esters is 1. The fraction of sp³-hybridized carbons (Fsp3) is 0.600. The van der Waals surface area contributed by atoms with Gasteiger partial charge in [-0.3, -0.25) is 0 Å². The van der Waals surface area contributed by atoms with Crippen LogP contribution in [0.4, 0.5) is 11.5 Å². The van der Waals surface area contributed by atoms with Crippen LogP contribution in [0.2, 0.25) is 0 Å². The number of rotatable bonds is 4. The fourth-order valence-corrected chi connectivity index (χ4v) is 2.48. The van der Waals surface area contributed by atoms with Crippen molar-refractivity contribution in [2.75, 3.05) is 18.2 Å². The standard InChI is InChI=1S/C15H25N3O2/c1-14(2,3)9-15(4,5)18-12-10(16)7-8-11(17-12)13(19)20-6/h7-8H,9,16H2,1-6H3,(H,17,18). The minimum absolute atomic E-state index is 0.172. The van der Waals surface area contributed by atoms with Gasteiger partial charge in [-0.05, 0) is 37.8 Å². The molecule has 0 aliphatic rings. The van der Waals surface area contributed by atoms with Crippen molar-refractivity contribution in [2.24, 2.45) is 5.41 Å². The van der Waals surface area contributed by atoms with Crippen LogP contribution in [0.3, 0.4) is 0 Å². The summed E-state index contributed by atoms with van der Waals surface area (Å²) in [5, 5.41) is 3.32. The van der Waals surface area contributed by atoms with E-state index in [1.165, 1.54) is 7.11 Å². The minimum atomic E-state index is -0.471. The maximum Gasteiger partial charge on any atom is 0.356 e. The third-order valence-corrected chi connectivity index (χ3v) is 2.75. The summed E-state index contributed by atoms with van der Waals surface area (Å²) in [5.41, 5.74) is 6.67. The fourth-order valence-electron chi connectivity index (χ4n) is 2.48. The molecule has 112 valence electrons. The predicted octanol–water partition coefficient (Wildman–Crippen LogP) is 3.08. The highest BCUT2D eigenvalue weighted by Gasteiger charge is 2.26. The normalized spacial score (nSPS) is 12.1. The molecule has 1 rings (SSSR count). The second-order valence-corrected chi connectivity index (χ2v) is 6.87. The molecule has 5 heteroatoms. The summed E-state index contributed by atoms with van der Waals surface area (Å²) >= 11 is 0. The van der Waals surface area contributed by atoms with Crippen LogP contribution in [-0.2, 0) is 4.74 Å². The van der Waals surface area contributed by atoms with Gasteiger partial charge in [-0.2, -0.15) is 0 Å². The van der Waals surface area contributed by atoms with Crippen molar-refractivity contribution in [1.82, 2.24) is 4.98 Å². The summed E-state index contributed by atoms with van der Waals surface area (Å²) in [6, 6.07) is 3.22. The van der Waals surface area contributed by atoms with Crippen molar-refractivity contribution in [1.29, 1.82) is 0 Å². The molecule has 0 spiro atoms. The van der Waals surface area contributed by atoms with Gasteiger partial charge in [-0.1, -0.05) is 20.8 Å². The first kappa shape index (κ1) is 16.3. The van der Waals surface area contributed by atoms with Crippen molar-refractivity contribution >= 4 is 17.5 Å². The number of anilines is 2. The van der Waals surface area contributed by atoms with Crippen molar-refractivity contribution in [3.05, 3.63) is 17.8 Å². The topological polar surface area (TPSA) is 77.2 Å². The van der Waals surface area contributed by atoms with Crippen LogP contribution >= 0.6 is 0 Å². The molecule has 20 heavy (non-hydrogen) atoms. The Morgan fingerprint density at radius 2 is 1.90 bits per heavy atom. The lowest BCUT2D eigenvalue weighted by Gasteiger charge is -2.34. The summed E-state index contributed by atoms with van der Waals surface area (Å²) in [7, 11) is 1.33. The Balaban J connectivity index is 2.99. The van der Waals surface area contributed by atoms with Crippen molar-refractivity contribution in [3.63, 3.8) is 0 Å². The third kappa shape index (κ3) is 4.72. The number of carbonyl (C=O) groups excluding carboxylic acids is 1. The first-order chi connectivity index (χ1) is 9.04. The zero-order valence-corrected chi connectivity index (χ0v) is 13.2. The Labute approximate surface area is 120 Å². The Morgan fingerprint density at radius 3 is 2.40 bits per heavy atom. The molecule has 1 heterocycles. The quantitative estimate of drug-likeness (QED) is 0.828. The Bertz CT molecular complexity index is 490. The van der Waals surface area contributed by atoms with Gasteiger partial charge in [0.15, 0.2) is 11.5 Å². The van der Waals surface area contributed by atoms with Crippen LogP contribution in [-0.4, -0.2) is 23.6 Å². The summed E-state index contributed by atoms with van der Waals surface area (Å²) in [5.74, 6) is 0.0452. The van der Waals surface area contributed by atoms with E-state index in [1.54, 1.807) is 12.1 Å². The summed E-state index contributed by atoms with van der Waals surface area (Å²) in [4.78, 5) is 15.8. The first-order valence-corrected chi connectivity index (χ1v) is 6.67. The monoisotopic (exact) mass is 279 g/mol. The predicted molar refractivity (Wildman–Crippen MR) is 81.8 cm³/mol. The second kappa shape index (κ2) is 5.69. The molecule has 1 aromatic rings. The molecule has 5 nitrogen and oxygen atoms in total. The SMILES string of the molecule is COC(=O)c1ccc(N)c(NC(C)(C)CC(C)(C)C)n1. The summed E-state index contributed by atoms with van der Waals surface area (Å²) < 4.78 is 4.67. The molecule has 0 radical (unpaired) electrons. The number of nitrogens with two attached hydrogens (primary N) is 1.